The Bertz CT molecular complexity index is 974. The number of phenols is 1. The van der Waals surface area contributed by atoms with Crippen molar-refractivity contribution in [2.75, 3.05) is 13.1 Å². The number of carbonyl (C=O) groups excluding carboxylic acids is 2. The van der Waals surface area contributed by atoms with Crippen LogP contribution in [0.1, 0.15) is 27.0 Å². The second-order valence-electron chi connectivity index (χ2n) is 6.47. The van der Waals surface area contributed by atoms with Crippen molar-refractivity contribution in [1.82, 2.24) is 10.6 Å². The summed E-state index contributed by atoms with van der Waals surface area (Å²) < 4.78 is 5.62. The zero-order chi connectivity index (χ0) is 19.4. The first-order chi connectivity index (χ1) is 13.0. The van der Waals surface area contributed by atoms with Gasteiger partial charge in [0.25, 0.3) is 5.91 Å². The molecule has 0 atom stereocenters. The molecule has 3 N–H and O–H groups in total. The topological polar surface area (TPSA) is 91.6 Å². The number of aryl methyl sites for hydroxylation is 2. The summed E-state index contributed by atoms with van der Waals surface area (Å²) in [7, 11) is 0. The van der Waals surface area contributed by atoms with Crippen LogP contribution in [0.15, 0.2) is 47.1 Å². The Balaban J connectivity index is 1.48. The normalized spacial score (nSPS) is 10.7. The van der Waals surface area contributed by atoms with Crippen LogP contribution in [0.25, 0.3) is 11.0 Å². The lowest BCUT2D eigenvalue weighted by Crippen LogP contribution is -2.35. The van der Waals surface area contributed by atoms with E-state index in [4.69, 9.17) is 4.42 Å². The van der Waals surface area contributed by atoms with E-state index in [-0.39, 0.29) is 24.0 Å². The van der Waals surface area contributed by atoms with E-state index in [2.05, 4.69) is 10.6 Å². The molecule has 140 valence electrons. The van der Waals surface area contributed by atoms with Crippen LogP contribution in [-0.4, -0.2) is 30.0 Å². The predicted octanol–water partition coefficient (Wildman–Crippen LogP) is 2.84. The van der Waals surface area contributed by atoms with Crippen molar-refractivity contribution in [3.05, 3.63) is 64.9 Å². The van der Waals surface area contributed by atoms with Gasteiger partial charge < -0.3 is 20.2 Å². The van der Waals surface area contributed by atoms with Crippen LogP contribution in [0.2, 0.25) is 0 Å². The van der Waals surface area contributed by atoms with Gasteiger partial charge in [-0.05, 0) is 49.2 Å². The second kappa shape index (κ2) is 7.95. The summed E-state index contributed by atoms with van der Waals surface area (Å²) in [6, 6.07) is 9.98. The molecular formula is C21H22N2O4. The minimum Gasteiger partial charge on any atom is -0.508 e. The molecule has 0 radical (unpaired) electrons. The number of hydrogen-bond donors (Lipinski definition) is 3. The van der Waals surface area contributed by atoms with Gasteiger partial charge in [0.15, 0.2) is 0 Å². The summed E-state index contributed by atoms with van der Waals surface area (Å²) in [5, 5.41) is 15.7. The molecule has 0 aliphatic carbocycles. The Hall–Kier alpha value is -3.28. The number of aromatic hydroxyl groups is 1. The average Bonchev–Trinajstić information content (AvgIpc) is 3.05. The molecule has 0 aliphatic heterocycles. The molecule has 0 spiro atoms. The summed E-state index contributed by atoms with van der Waals surface area (Å²) >= 11 is 0. The standard InChI is InChI=1S/C21H22N2O4/c1-13-3-8-18-16(12-27-20(18)14(13)2)11-19(25)22-9-10-23-21(26)15-4-6-17(24)7-5-15/h3-8,12,24H,9-11H2,1-2H3,(H,22,25)(H,23,26). The molecule has 0 saturated carbocycles. The highest BCUT2D eigenvalue weighted by Crippen LogP contribution is 2.26. The van der Waals surface area contributed by atoms with Crippen molar-refractivity contribution >= 4 is 22.8 Å². The molecule has 3 aromatic rings. The van der Waals surface area contributed by atoms with Gasteiger partial charge in [0.1, 0.15) is 11.3 Å². The zero-order valence-electron chi connectivity index (χ0n) is 15.3. The monoisotopic (exact) mass is 366 g/mol. The SMILES string of the molecule is Cc1ccc2c(CC(=O)NCCNC(=O)c3ccc(O)cc3)coc2c1C. The lowest BCUT2D eigenvalue weighted by Gasteiger charge is -2.07. The van der Waals surface area contributed by atoms with Crippen LogP contribution in [-0.2, 0) is 11.2 Å². The second-order valence-corrected chi connectivity index (χ2v) is 6.47. The van der Waals surface area contributed by atoms with Crippen LogP contribution in [0.5, 0.6) is 5.75 Å². The fraction of sp³-hybridized carbons (Fsp3) is 0.238. The van der Waals surface area contributed by atoms with E-state index in [0.29, 0.717) is 18.7 Å². The number of nitrogens with one attached hydrogen (secondary N) is 2. The molecule has 6 heteroatoms. The number of rotatable bonds is 6. The molecule has 2 aromatic carbocycles. The van der Waals surface area contributed by atoms with Crippen molar-refractivity contribution < 1.29 is 19.1 Å². The fourth-order valence-corrected chi connectivity index (χ4v) is 2.85. The molecule has 1 heterocycles. The van der Waals surface area contributed by atoms with Crippen LogP contribution in [0, 0.1) is 13.8 Å². The van der Waals surface area contributed by atoms with Gasteiger partial charge in [0, 0.05) is 29.6 Å². The Kier molecular flexibility index (Phi) is 5.45. The third-order valence-electron chi connectivity index (χ3n) is 4.55. The maximum atomic E-state index is 12.2. The number of amides is 2. The van der Waals surface area contributed by atoms with E-state index in [1.807, 2.05) is 26.0 Å². The van der Waals surface area contributed by atoms with Gasteiger partial charge in [-0.15, -0.1) is 0 Å². The van der Waals surface area contributed by atoms with Crippen molar-refractivity contribution in [2.24, 2.45) is 0 Å². The number of carbonyl (C=O) groups is 2. The fourth-order valence-electron chi connectivity index (χ4n) is 2.85. The largest absolute Gasteiger partial charge is 0.508 e. The maximum Gasteiger partial charge on any atom is 0.251 e. The number of furan rings is 1. The molecule has 1 aromatic heterocycles. The number of phenolic OH excluding ortho intramolecular Hbond substituents is 1. The molecule has 0 aliphatic rings. The Labute approximate surface area is 157 Å². The van der Waals surface area contributed by atoms with Gasteiger partial charge in [-0.3, -0.25) is 9.59 Å². The van der Waals surface area contributed by atoms with Crippen molar-refractivity contribution in [3.63, 3.8) is 0 Å². The van der Waals surface area contributed by atoms with Crippen molar-refractivity contribution in [1.29, 1.82) is 0 Å². The molecule has 27 heavy (non-hydrogen) atoms. The molecular weight excluding hydrogens is 344 g/mol. The predicted molar refractivity (Wildman–Crippen MR) is 103 cm³/mol. The molecule has 2 amide bonds. The van der Waals surface area contributed by atoms with Crippen LogP contribution in [0.4, 0.5) is 0 Å². The first-order valence-corrected chi connectivity index (χ1v) is 8.76. The zero-order valence-corrected chi connectivity index (χ0v) is 15.3. The van der Waals surface area contributed by atoms with Crippen molar-refractivity contribution in [3.8, 4) is 5.75 Å². The third kappa shape index (κ3) is 4.28. The van der Waals surface area contributed by atoms with Crippen LogP contribution >= 0.6 is 0 Å². The van der Waals surface area contributed by atoms with Gasteiger partial charge >= 0.3 is 0 Å². The minimum atomic E-state index is -0.254. The summed E-state index contributed by atoms with van der Waals surface area (Å²) in [5.41, 5.74) is 4.35. The first kappa shape index (κ1) is 18.5. The van der Waals surface area contributed by atoms with E-state index in [0.717, 1.165) is 27.7 Å². The number of fused-ring (bicyclic) bond motifs is 1. The van der Waals surface area contributed by atoms with Gasteiger partial charge in [0.05, 0.1) is 12.7 Å². The highest BCUT2D eigenvalue weighted by atomic mass is 16.3. The van der Waals surface area contributed by atoms with Gasteiger partial charge in [0.2, 0.25) is 5.91 Å². The highest BCUT2D eigenvalue weighted by molar-refractivity contribution is 5.94. The molecule has 0 bridgehead atoms. The van der Waals surface area contributed by atoms with E-state index in [1.54, 1.807) is 6.26 Å². The number of benzene rings is 2. The molecule has 0 fully saturated rings. The average molecular weight is 366 g/mol. The molecule has 6 nitrogen and oxygen atoms in total. The van der Waals surface area contributed by atoms with E-state index >= 15 is 0 Å². The smallest absolute Gasteiger partial charge is 0.251 e. The summed E-state index contributed by atoms with van der Waals surface area (Å²) in [6.45, 7) is 4.67. The molecule has 3 rings (SSSR count). The summed E-state index contributed by atoms with van der Waals surface area (Å²) in [5.74, 6) is -0.276. The van der Waals surface area contributed by atoms with E-state index < -0.39 is 0 Å². The van der Waals surface area contributed by atoms with Crippen molar-refractivity contribution in [2.45, 2.75) is 20.3 Å². The third-order valence-corrected chi connectivity index (χ3v) is 4.55. The highest BCUT2D eigenvalue weighted by Gasteiger charge is 2.12. The van der Waals surface area contributed by atoms with Gasteiger partial charge in [-0.1, -0.05) is 12.1 Å². The lowest BCUT2D eigenvalue weighted by atomic mass is 10.0. The lowest BCUT2D eigenvalue weighted by molar-refractivity contribution is -0.120. The van der Waals surface area contributed by atoms with E-state index in [1.165, 1.54) is 24.3 Å². The van der Waals surface area contributed by atoms with Crippen LogP contribution in [0.3, 0.4) is 0 Å². The summed E-state index contributed by atoms with van der Waals surface area (Å²) in [4.78, 5) is 24.1. The van der Waals surface area contributed by atoms with Gasteiger partial charge in [-0.2, -0.15) is 0 Å². The Morgan fingerprint density at radius 3 is 2.44 bits per heavy atom. The van der Waals surface area contributed by atoms with Crippen LogP contribution < -0.4 is 10.6 Å². The number of hydrogen-bond acceptors (Lipinski definition) is 4. The Morgan fingerprint density at radius 1 is 1.00 bits per heavy atom. The minimum absolute atomic E-state index is 0.107. The first-order valence-electron chi connectivity index (χ1n) is 8.76. The summed E-state index contributed by atoms with van der Waals surface area (Å²) in [6.07, 6.45) is 1.85. The molecule has 0 unspecified atom stereocenters. The molecule has 0 saturated heterocycles. The van der Waals surface area contributed by atoms with E-state index in [9.17, 15) is 14.7 Å². The quantitative estimate of drug-likeness (QED) is 0.585. The maximum absolute atomic E-state index is 12.2. The van der Waals surface area contributed by atoms with Gasteiger partial charge in [-0.25, -0.2) is 0 Å². The Morgan fingerprint density at radius 2 is 1.70 bits per heavy atom.